The quantitative estimate of drug-likeness (QED) is 0.637. The molecule has 1 heterocycles. The predicted octanol–water partition coefficient (Wildman–Crippen LogP) is 3.50. The molecule has 3 rings (SSSR count). The zero-order valence-electron chi connectivity index (χ0n) is 15.2. The van der Waals surface area contributed by atoms with E-state index in [1.165, 1.54) is 16.9 Å². The highest BCUT2D eigenvalue weighted by Crippen LogP contribution is 2.06. The van der Waals surface area contributed by atoms with E-state index in [9.17, 15) is 9.59 Å². The monoisotopic (exact) mass is 380 g/mol. The van der Waals surface area contributed by atoms with E-state index in [0.29, 0.717) is 16.9 Å². The molecule has 0 fully saturated rings. The third-order valence-electron chi connectivity index (χ3n) is 3.93. The van der Waals surface area contributed by atoms with Gasteiger partial charge in [0, 0.05) is 18.1 Å². The minimum atomic E-state index is -0.527. The number of ether oxygens (including phenoxy) is 1. The van der Waals surface area contributed by atoms with Crippen LogP contribution in [0.3, 0.4) is 0 Å². The molecule has 0 bridgehead atoms. The second-order valence-corrected chi connectivity index (χ2v) is 7.12. The van der Waals surface area contributed by atoms with E-state index in [-0.39, 0.29) is 6.61 Å². The number of amides is 1. The minimum Gasteiger partial charge on any atom is -0.452 e. The molecule has 6 heteroatoms. The molecule has 138 valence electrons. The zero-order valence-corrected chi connectivity index (χ0v) is 16.0. The molecule has 0 saturated heterocycles. The van der Waals surface area contributed by atoms with Crippen molar-refractivity contribution < 1.29 is 14.3 Å². The number of hydrogen-bond donors (Lipinski definition) is 0. The highest BCUT2D eigenvalue weighted by atomic mass is 32.1. The van der Waals surface area contributed by atoms with Gasteiger partial charge in [-0.05, 0) is 31.5 Å². The van der Waals surface area contributed by atoms with Crippen LogP contribution in [0.15, 0.2) is 65.1 Å². The third kappa shape index (κ3) is 5.24. The van der Waals surface area contributed by atoms with Crippen LogP contribution in [0.4, 0.5) is 0 Å². The van der Waals surface area contributed by atoms with Crippen molar-refractivity contribution in [1.29, 1.82) is 0 Å². The van der Waals surface area contributed by atoms with Crippen molar-refractivity contribution in [1.82, 2.24) is 4.57 Å². The average molecular weight is 380 g/mol. The summed E-state index contributed by atoms with van der Waals surface area (Å²) in [5.74, 6) is -1.02. The SMILES string of the molecule is Cc1ccc(Cn2ccsc2=NC(=O)COC(=O)c2cccc(C)c2)cc1. The molecule has 0 spiro atoms. The summed E-state index contributed by atoms with van der Waals surface area (Å²) >= 11 is 1.37. The van der Waals surface area contributed by atoms with Gasteiger partial charge in [0.05, 0.1) is 5.56 Å². The molecule has 0 N–H and O–H groups in total. The van der Waals surface area contributed by atoms with Crippen LogP contribution in [0.2, 0.25) is 0 Å². The molecule has 5 nitrogen and oxygen atoms in total. The van der Waals surface area contributed by atoms with E-state index in [1.54, 1.807) is 18.2 Å². The van der Waals surface area contributed by atoms with E-state index in [2.05, 4.69) is 29.3 Å². The standard InChI is InChI=1S/C21H20N2O3S/c1-15-6-8-17(9-7-15)13-23-10-11-27-21(23)22-19(24)14-26-20(25)18-5-3-4-16(2)12-18/h3-12H,13-14H2,1-2H3. The van der Waals surface area contributed by atoms with Gasteiger partial charge in [0.15, 0.2) is 11.4 Å². The molecule has 2 aromatic carbocycles. The molecule has 0 aliphatic heterocycles. The van der Waals surface area contributed by atoms with E-state index >= 15 is 0 Å². The van der Waals surface area contributed by atoms with Crippen molar-refractivity contribution in [2.75, 3.05) is 6.61 Å². The third-order valence-corrected chi connectivity index (χ3v) is 4.73. The number of carbonyl (C=O) groups excluding carboxylic acids is 2. The fourth-order valence-electron chi connectivity index (χ4n) is 2.52. The van der Waals surface area contributed by atoms with Crippen LogP contribution in [0.5, 0.6) is 0 Å². The summed E-state index contributed by atoms with van der Waals surface area (Å²) in [7, 11) is 0. The molecular formula is C21H20N2O3S. The summed E-state index contributed by atoms with van der Waals surface area (Å²) in [6.07, 6.45) is 1.88. The Morgan fingerprint density at radius 3 is 2.59 bits per heavy atom. The lowest BCUT2D eigenvalue weighted by molar-refractivity contribution is -0.121. The van der Waals surface area contributed by atoms with Crippen molar-refractivity contribution in [3.05, 3.63) is 87.2 Å². The lowest BCUT2D eigenvalue weighted by atomic mass is 10.1. The molecule has 0 saturated carbocycles. The van der Waals surface area contributed by atoms with Gasteiger partial charge in [0.25, 0.3) is 5.91 Å². The highest BCUT2D eigenvalue weighted by molar-refractivity contribution is 7.07. The minimum absolute atomic E-state index is 0.380. The molecule has 3 aromatic rings. The first-order valence-corrected chi connectivity index (χ1v) is 9.40. The largest absolute Gasteiger partial charge is 0.452 e. The van der Waals surface area contributed by atoms with Crippen LogP contribution >= 0.6 is 11.3 Å². The molecule has 0 atom stereocenters. The number of thiazole rings is 1. The van der Waals surface area contributed by atoms with E-state index in [1.807, 2.05) is 36.1 Å². The molecule has 1 amide bonds. The van der Waals surface area contributed by atoms with Gasteiger partial charge in [-0.15, -0.1) is 11.3 Å². The fourth-order valence-corrected chi connectivity index (χ4v) is 3.26. The molecule has 27 heavy (non-hydrogen) atoms. The van der Waals surface area contributed by atoms with Gasteiger partial charge in [0.2, 0.25) is 0 Å². The second-order valence-electron chi connectivity index (χ2n) is 6.25. The number of benzene rings is 2. The molecular weight excluding hydrogens is 360 g/mol. The maximum absolute atomic E-state index is 12.1. The Bertz CT molecular complexity index is 1020. The number of aromatic nitrogens is 1. The fraction of sp³-hybridized carbons (Fsp3) is 0.190. The van der Waals surface area contributed by atoms with E-state index in [4.69, 9.17) is 4.74 Å². The number of aryl methyl sites for hydroxylation is 2. The van der Waals surface area contributed by atoms with Crippen molar-refractivity contribution in [3.63, 3.8) is 0 Å². The first kappa shape index (κ1) is 18.8. The maximum atomic E-state index is 12.1. The van der Waals surface area contributed by atoms with Crippen molar-refractivity contribution in [2.24, 2.45) is 4.99 Å². The highest BCUT2D eigenvalue weighted by Gasteiger charge is 2.10. The zero-order chi connectivity index (χ0) is 19.2. The van der Waals surface area contributed by atoms with Crippen LogP contribution in [0.25, 0.3) is 0 Å². The van der Waals surface area contributed by atoms with Gasteiger partial charge in [0.1, 0.15) is 0 Å². The Morgan fingerprint density at radius 2 is 1.85 bits per heavy atom. The van der Waals surface area contributed by atoms with Crippen molar-refractivity contribution in [2.45, 2.75) is 20.4 Å². The Labute approximate surface area is 161 Å². The van der Waals surface area contributed by atoms with Gasteiger partial charge in [-0.25, -0.2) is 4.79 Å². The van der Waals surface area contributed by atoms with E-state index in [0.717, 1.165) is 11.1 Å². The van der Waals surface area contributed by atoms with Crippen molar-refractivity contribution in [3.8, 4) is 0 Å². The van der Waals surface area contributed by atoms with Crippen LogP contribution < -0.4 is 4.80 Å². The van der Waals surface area contributed by atoms with Crippen LogP contribution in [0.1, 0.15) is 27.0 Å². The van der Waals surface area contributed by atoms with Gasteiger partial charge >= 0.3 is 5.97 Å². The lowest BCUT2D eigenvalue weighted by Crippen LogP contribution is -2.20. The number of rotatable bonds is 5. The number of carbonyl (C=O) groups is 2. The Hall–Kier alpha value is -2.99. The topological polar surface area (TPSA) is 60.7 Å². The predicted molar refractivity (Wildman–Crippen MR) is 105 cm³/mol. The Morgan fingerprint density at radius 1 is 1.07 bits per heavy atom. The Balaban J connectivity index is 1.65. The summed E-state index contributed by atoms with van der Waals surface area (Å²) < 4.78 is 6.98. The van der Waals surface area contributed by atoms with Gasteiger partial charge in [-0.3, -0.25) is 4.79 Å². The summed E-state index contributed by atoms with van der Waals surface area (Å²) in [6.45, 7) is 4.17. The second kappa shape index (κ2) is 8.60. The van der Waals surface area contributed by atoms with E-state index < -0.39 is 11.9 Å². The molecule has 0 unspecified atom stereocenters. The molecule has 1 aromatic heterocycles. The Kier molecular flexibility index (Phi) is 5.98. The number of hydrogen-bond acceptors (Lipinski definition) is 4. The summed E-state index contributed by atoms with van der Waals surface area (Å²) in [4.78, 5) is 28.8. The molecule has 0 aliphatic rings. The first-order chi connectivity index (χ1) is 13.0. The summed E-state index contributed by atoms with van der Waals surface area (Å²) in [5.41, 5.74) is 3.70. The number of nitrogens with zero attached hydrogens (tertiary/aromatic N) is 2. The average Bonchev–Trinajstić information content (AvgIpc) is 3.08. The normalized spacial score (nSPS) is 11.4. The summed E-state index contributed by atoms with van der Waals surface area (Å²) in [5, 5.41) is 1.87. The van der Waals surface area contributed by atoms with Crippen molar-refractivity contribution >= 4 is 23.2 Å². The molecule has 0 aliphatic carbocycles. The first-order valence-electron chi connectivity index (χ1n) is 8.52. The van der Waals surface area contributed by atoms with Gasteiger partial charge < -0.3 is 9.30 Å². The smallest absolute Gasteiger partial charge is 0.338 e. The lowest BCUT2D eigenvalue weighted by Gasteiger charge is -2.04. The maximum Gasteiger partial charge on any atom is 0.338 e. The summed E-state index contributed by atoms with van der Waals surface area (Å²) in [6, 6.07) is 15.2. The van der Waals surface area contributed by atoms with Gasteiger partial charge in [-0.2, -0.15) is 4.99 Å². The number of esters is 1. The van der Waals surface area contributed by atoms with Crippen LogP contribution in [0, 0.1) is 13.8 Å². The van der Waals surface area contributed by atoms with Gasteiger partial charge in [-0.1, -0.05) is 47.5 Å². The van der Waals surface area contributed by atoms with Crippen LogP contribution in [-0.4, -0.2) is 23.1 Å². The molecule has 0 radical (unpaired) electrons. The van der Waals surface area contributed by atoms with Crippen LogP contribution in [-0.2, 0) is 16.1 Å².